The Morgan fingerprint density at radius 1 is 1.04 bits per heavy atom. The molecule has 3 rings (SSSR count). The van der Waals surface area contributed by atoms with E-state index < -0.39 is 44.2 Å². The van der Waals surface area contributed by atoms with Crippen LogP contribution in [0.5, 0.6) is 5.75 Å². The van der Waals surface area contributed by atoms with Gasteiger partial charge in [0.25, 0.3) is 0 Å². The lowest BCUT2D eigenvalue weighted by atomic mass is 10.2. The van der Waals surface area contributed by atoms with Crippen molar-refractivity contribution in [3.63, 3.8) is 0 Å². The maximum absolute atomic E-state index is 14.1. The van der Waals surface area contributed by atoms with Crippen LogP contribution in [0.1, 0.15) is 28.8 Å². The highest BCUT2D eigenvalue weighted by atomic mass is 32.2. The Balaban J connectivity index is 1.92. The second kappa shape index (κ2) is 7.51. The van der Waals surface area contributed by atoms with Crippen LogP contribution in [0.3, 0.4) is 0 Å². The third-order valence-corrected chi connectivity index (χ3v) is 6.16. The number of halogens is 4. The van der Waals surface area contributed by atoms with Crippen molar-refractivity contribution >= 4 is 16.0 Å². The number of carbonyl (C=O) groups is 1. The molecule has 1 saturated heterocycles. The van der Waals surface area contributed by atoms with Gasteiger partial charge in [-0.05, 0) is 43.2 Å². The van der Waals surface area contributed by atoms with Gasteiger partial charge < -0.3 is 4.74 Å². The molecule has 1 aliphatic rings. The summed E-state index contributed by atoms with van der Waals surface area (Å²) in [5, 5.41) is 0. The molecule has 2 aromatic carbocycles. The van der Waals surface area contributed by atoms with Crippen molar-refractivity contribution in [3.05, 3.63) is 59.4 Å². The molecule has 0 bridgehead atoms. The van der Waals surface area contributed by atoms with Gasteiger partial charge in [0.2, 0.25) is 10.0 Å². The molecule has 1 heterocycles. The van der Waals surface area contributed by atoms with E-state index in [1.807, 2.05) is 0 Å². The predicted molar refractivity (Wildman–Crippen MR) is 90.8 cm³/mol. The molecular weight excluding hydrogens is 402 g/mol. The molecule has 10 heteroatoms. The molecule has 5 nitrogen and oxygen atoms in total. The Kier molecular flexibility index (Phi) is 5.44. The molecule has 1 fully saturated rings. The largest absolute Gasteiger partial charge is 0.422 e. The minimum atomic E-state index is -4.75. The first-order chi connectivity index (χ1) is 13.1. The maximum atomic E-state index is 14.1. The minimum absolute atomic E-state index is 0.232. The van der Waals surface area contributed by atoms with Gasteiger partial charge in [-0.25, -0.2) is 17.6 Å². The molecular formula is C18H15F4NO4S. The average molecular weight is 417 g/mol. The number of carbonyl (C=O) groups excluding carboxylic acids is 1. The van der Waals surface area contributed by atoms with Gasteiger partial charge in [0.05, 0.1) is 11.1 Å². The van der Waals surface area contributed by atoms with Gasteiger partial charge in [-0.3, -0.25) is 0 Å². The normalized spacial score (nSPS) is 15.6. The number of rotatable bonds is 4. The van der Waals surface area contributed by atoms with E-state index in [-0.39, 0.29) is 18.7 Å². The lowest BCUT2D eigenvalue weighted by Gasteiger charge is -2.17. The van der Waals surface area contributed by atoms with E-state index in [4.69, 9.17) is 4.74 Å². The van der Waals surface area contributed by atoms with E-state index in [9.17, 15) is 30.8 Å². The first-order valence-corrected chi connectivity index (χ1v) is 9.73. The number of hydrogen-bond donors (Lipinski definition) is 0. The molecule has 0 saturated carbocycles. The van der Waals surface area contributed by atoms with Crippen molar-refractivity contribution in [1.82, 2.24) is 4.31 Å². The number of nitrogens with zero attached hydrogens (tertiary/aromatic N) is 1. The SMILES string of the molecule is O=C(Oc1ccccc1C(F)(F)F)c1ccc(F)c(S(=O)(=O)N2CCCC2)c1. The zero-order valence-corrected chi connectivity index (χ0v) is 15.2. The molecule has 0 aromatic heterocycles. The van der Waals surface area contributed by atoms with Crippen LogP contribution in [-0.2, 0) is 16.2 Å². The molecule has 1 aliphatic heterocycles. The van der Waals surface area contributed by atoms with Crippen LogP contribution >= 0.6 is 0 Å². The first kappa shape index (κ1) is 20.3. The standard InChI is InChI=1S/C18H15F4NO4S/c19-14-8-7-12(11-16(14)28(25,26)23-9-3-4-10-23)17(24)27-15-6-2-1-5-13(15)18(20,21)22/h1-2,5-8,11H,3-4,9-10H2. The molecule has 0 spiro atoms. The van der Waals surface area contributed by atoms with Crippen molar-refractivity contribution < 1.29 is 35.5 Å². The van der Waals surface area contributed by atoms with Crippen LogP contribution in [0.2, 0.25) is 0 Å². The van der Waals surface area contributed by atoms with Crippen molar-refractivity contribution in [2.45, 2.75) is 23.9 Å². The summed E-state index contributed by atoms with van der Waals surface area (Å²) >= 11 is 0. The van der Waals surface area contributed by atoms with Crippen LogP contribution in [0.15, 0.2) is 47.4 Å². The van der Waals surface area contributed by atoms with Crippen molar-refractivity contribution in [3.8, 4) is 5.75 Å². The maximum Gasteiger partial charge on any atom is 0.419 e. The summed E-state index contributed by atoms with van der Waals surface area (Å²) in [6, 6.07) is 6.61. The fraction of sp³-hybridized carbons (Fsp3) is 0.278. The molecule has 150 valence electrons. The fourth-order valence-corrected chi connectivity index (χ4v) is 4.45. The summed E-state index contributed by atoms with van der Waals surface area (Å²) in [4.78, 5) is 11.6. The molecule has 0 N–H and O–H groups in total. The zero-order valence-electron chi connectivity index (χ0n) is 14.4. The van der Waals surface area contributed by atoms with E-state index in [1.165, 1.54) is 6.07 Å². The van der Waals surface area contributed by atoms with Gasteiger partial charge in [0.1, 0.15) is 16.5 Å². The predicted octanol–water partition coefficient (Wildman–Crippen LogP) is 3.85. The molecule has 0 atom stereocenters. The smallest absolute Gasteiger partial charge is 0.419 e. The van der Waals surface area contributed by atoms with Gasteiger partial charge in [-0.15, -0.1) is 0 Å². The molecule has 0 unspecified atom stereocenters. The van der Waals surface area contributed by atoms with E-state index in [0.29, 0.717) is 12.8 Å². The van der Waals surface area contributed by atoms with Gasteiger partial charge in [0, 0.05) is 13.1 Å². The monoisotopic (exact) mass is 417 g/mol. The van der Waals surface area contributed by atoms with Crippen LogP contribution in [0, 0.1) is 5.82 Å². The third kappa shape index (κ3) is 4.02. The Hall–Kier alpha value is -2.46. The van der Waals surface area contributed by atoms with E-state index in [0.717, 1.165) is 40.7 Å². The van der Waals surface area contributed by atoms with Crippen LogP contribution in [0.25, 0.3) is 0 Å². The second-order valence-electron chi connectivity index (χ2n) is 6.14. The van der Waals surface area contributed by atoms with Crippen molar-refractivity contribution in [2.75, 3.05) is 13.1 Å². The second-order valence-corrected chi connectivity index (χ2v) is 8.05. The third-order valence-electron chi connectivity index (χ3n) is 4.24. The number of esters is 1. The Morgan fingerprint density at radius 2 is 1.68 bits per heavy atom. The molecule has 0 aliphatic carbocycles. The highest BCUT2D eigenvalue weighted by molar-refractivity contribution is 7.89. The molecule has 0 amide bonds. The minimum Gasteiger partial charge on any atom is -0.422 e. The lowest BCUT2D eigenvalue weighted by molar-refractivity contribution is -0.138. The van der Waals surface area contributed by atoms with Gasteiger partial charge in [0.15, 0.2) is 0 Å². The Bertz CT molecular complexity index is 999. The summed E-state index contributed by atoms with van der Waals surface area (Å²) in [6.07, 6.45) is -3.47. The number of hydrogen-bond acceptors (Lipinski definition) is 4. The van der Waals surface area contributed by atoms with Crippen LogP contribution in [-0.4, -0.2) is 31.8 Å². The number of ether oxygens (including phenoxy) is 1. The molecule has 2 aromatic rings. The molecule has 0 radical (unpaired) electrons. The van der Waals surface area contributed by atoms with E-state index in [2.05, 4.69) is 0 Å². The summed E-state index contributed by atoms with van der Waals surface area (Å²) in [5.41, 5.74) is -1.54. The quantitative estimate of drug-likeness (QED) is 0.431. The summed E-state index contributed by atoms with van der Waals surface area (Å²) < 4.78 is 84.2. The lowest BCUT2D eigenvalue weighted by Crippen LogP contribution is -2.29. The molecule has 28 heavy (non-hydrogen) atoms. The van der Waals surface area contributed by atoms with E-state index in [1.54, 1.807) is 0 Å². The van der Waals surface area contributed by atoms with Crippen molar-refractivity contribution in [2.24, 2.45) is 0 Å². The van der Waals surface area contributed by atoms with Gasteiger partial charge in [-0.2, -0.15) is 17.5 Å². The highest BCUT2D eigenvalue weighted by Crippen LogP contribution is 2.36. The van der Waals surface area contributed by atoms with Gasteiger partial charge >= 0.3 is 12.1 Å². The Morgan fingerprint density at radius 3 is 2.32 bits per heavy atom. The summed E-state index contributed by atoms with van der Waals surface area (Å²) in [7, 11) is -4.16. The Labute approximate surface area is 158 Å². The average Bonchev–Trinajstić information content (AvgIpc) is 3.17. The van der Waals surface area contributed by atoms with Crippen molar-refractivity contribution in [1.29, 1.82) is 0 Å². The number of para-hydroxylation sites is 1. The summed E-state index contributed by atoms with van der Waals surface area (Å²) in [6.45, 7) is 0.463. The zero-order chi connectivity index (χ0) is 20.5. The number of sulfonamides is 1. The van der Waals surface area contributed by atoms with E-state index >= 15 is 0 Å². The van der Waals surface area contributed by atoms with Gasteiger partial charge in [-0.1, -0.05) is 12.1 Å². The summed E-state index contributed by atoms with van der Waals surface area (Å²) in [5.74, 6) is -3.01. The number of benzene rings is 2. The number of alkyl halides is 3. The van der Waals surface area contributed by atoms with Crippen LogP contribution in [0.4, 0.5) is 17.6 Å². The van der Waals surface area contributed by atoms with Crippen LogP contribution < -0.4 is 4.74 Å². The topological polar surface area (TPSA) is 63.7 Å². The highest BCUT2D eigenvalue weighted by Gasteiger charge is 2.35. The fourth-order valence-electron chi connectivity index (χ4n) is 2.84. The first-order valence-electron chi connectivity index (χ1n) is 8.29.